The van der Waals surface area contributed by atoms with Crippen LogP contribution in [0.3, 0.4) is 0 Å². The average Bonchev–Trinajstić information content (AvgIpc) is 3.70. The van der Waals surface area contributed by atoms with Crippen molar-refractivity contribution in [2.24, 2.45) is 4.99 Å². The van der Waals surface area contributed by atoms with Gasteiger partial charge >= 0.3 is 0 Å². The minimum Gasteiger partial charge on any atom is -0.377 e. The Labute approximate surface area is 244 Å². The Kier molecular flexibility index (Phi) is 5.14. The zero-order valence-electron chi connectivity index (χ0n) is 24.3. The van der Waals surface area contributed by atoms with Crippen LogP contribution in [0.2, 0.25) is 0 Å². The number of Topliss-reactive ketones (excluding diaryl/α,β-unsaturated/α-hetero) is 1. The highest BCUT2D eigenvalue weighted by Crippen LogP contribution is 2.51. The molecule has 5 aromatic rings. The summed E-state index contributed by atoms with van der Waals surface area (Å²) in [6, 6.07) is 17.9. The third-order valence-electron chi connectivity index (χ3n) is 9.87. The van der Waals surface area contributed by atoms with Crippen LogP contribution in [0.5, 0.6) is 0 Å². The number of rotatable bonds is 3. The summed E-state index contributed by atoms with van der Waals surface area (Å²) in [5, 5.41) is 4.59. The number of hydrogen-bond acceptors (Lipinski definition) is 3. The maximum absolute atomic E-state index is 15.4. The van der Waals surface area contributed by atoms with Crippen molar-refractivity contribution in [3.63, 3.8) is 0 Å². The molecule has 4 heterocycles. The van der Waals surface area contributed by atoms with Gasteiger partial charge in [-0.2, -0.15) is 0 Å². The van der Waals surface area contributed by atoms with E-state index in [4.69, 9.17) is 4.99 Å². The minimum atomic E-state index is -0.421. The van der Waals surface area contributed by atoms with E-state index in [9.17, 15) is 4.79 Å². The number of hydrogen-bond donors (Lipinski definition) is 3. The van der Waals surface area contributed by atoms with Crippen molar-refractivity contribution in [1.29, 1.82) is 0 Å². The molecule has 0 bridgehead atoms. The van der Waals surface area contributed by atoms with E-state index in [-0.39, 0.29) is 23.1 Å². The van der Waals surface area contributed by atoms with Gasteiger partial charge < -0.3 is 15.3 Å². The molecule has 2 aromatic heterocycles. The number of carbonyl (C=O) groups excluding carboxylic acids is 1. The number of fused-ring (bicyclic) bond motifs is 4. The lowest BCUT2D eigenvalue weighted by Crippen LogP contribution is -2.28. The number of aromatic amines is 2. The Bertz CT molecular complexity index is 1990. The zero-order valence-corrected chi connectivity index (χ0v) is 24.3. The number of ketones is 1. The summed E-state index contributed by atoms with van der Waals surface area (Å²) < 4.78 is 15.4. The van der Waals surface area contributed by atoms with Crippen molar-refractivity contribution < 1.29 is 9.18 Å². The molecule has 0 radical (unpaired) electrons. The Hall–Kier alpha value is -4.45. The molecule has 42 heavy (non-hydrogen) atoms. The molecule has 1 unspecified atom stereocenters. The van der Waals surface area contributed by atoms with E-state index < -0.39 is 5.41 Å². The summed E-state index contributed by atoms with van der Waals surface area (Å²) in [6.45, 7) is 8.80. The molecule has 3 aliphatic rings. The molecule has 0 spiro atoms. The molecular formula is C36H33FN4O. The lowest BCUT2D eigenvalue weighted by Gasteiger charge is -2.27. The first-order chi connectivity index (χ1) is 20.1. The largest absolute Gasteiger partial charge is 0.377 e. The molecular weight excluding hydrogens is 523 g/mol. The van der Waals surface area contributed by atoms with Gasteiger partial charge in [-0.25, -0.2) is 4.39 Å². The second kappa shape index (κ2) is 8.54. The first-order valence-electron chi connectivity index (χ1n) is 14.8. The van der Waals surface area contributed by atoms with E-state index in [1.165, 1.54) is 5.56 Å². The maximum atomic E-state index is 15.4. The summed E-state index contributed by atoms with van der Waals surface area (Å²) in [6.07, 6.45) is 6.34. The van der Waals surface area contributed by atoms with Gasteiger partial charge in [0.15, 0.2) is 5.78 Å². The molecule has 3 N–H and O–H groups in total. The second-order valence-electron chi connectivity index (χ2n) is 13.1. The smallest absolute Gasteiger partial charge is 0.165 e. The monoisotopic (exact) mass is 556 g/mol. The van der Waals surface area contributed by atoms with Crippen LogP contribution in [0.25, 0.3) is 22.0 Å². The van der Waals surface area contributed by atoms with Crippen LogP contribution in [0.15, 0.2) is 72.0 Å². The third kappa shape index (κ3) is 3.41. The van der Waals surface area contributed by atoms with Crippen LogP contribution in [0.1, 0.15) is 84.9 Å². The first-order valence-corrected chi connectivity index (χ1v) is 14.8. The van der Waals surface area contributed by atoms with Gasteiger partial charge in [-0.05, 0) is 59.9 Å². The number of halogens is 1. The van der Waals surface area contributed by atoms with E-state index in [2.05, 4.69) is 67.2 Å². The van der Waals surface area contributed by atoms with Gasteiger partial charge in [-0.1, -0.05) is 52.0 Å². The van der Waals surface area contributed by atoms with Crippen LogP contribution >= 0.6 is 0 Å². The summed E-state index contributed by atoms with van der Waals surface area (Å²) >= 11 is 0. The summed E-state index contributed by atoms with van der Waals surface area (Å²) in [4.78, 5) is 24.8. The first kappa shape index (κ1) is 25.3. The molecule has 0 amide bonds. The molecule has 5 nitrogen and oxygen atoms in total. The molecule has 210 valence electrons. The molecule has 3 aromatic carbocycles. The fourth-order valence-corrected chi connectivity index (χ4v) is 7.62. The number of carbonyl (C=O) groups is 1. The van der Waals surface area contributed by atoms with Crippen LogP contribution in [-0.2, 0) is 17.3 Å². The van der Waals surface area contributed by atoms with E-state index in [0.29, 0.717) is 6.42 Å². The molecule has 0 saturated carbocycles. The maximum Gasteiger partial charge on any atom is 0.165 e. The number of anilines is 1. The summed E-state index contributed by atoms with van der Waals surface area (Å²) in [5.41, 5.74) is 11.1. The van der Waals surface area contributed by atoms with Crippen molar-refractivity contribution in [3.05, 3.63) is 106 Å². The second-order valence-corrected chi connectivity index (χ2v) is 13.1. The van der Waals surface area contributed by atoms with Crippen molar-refractivity contribution in [2.45, 2.75) is 63.8 Å². The van der Waals surface area contributed by atoms with Gasteiger partial charge in [0.2, 0.25) is 0 Å². The van der Waals surface area contributed by atoms with E-state index >= 15 is 4.39 Å². The van der Waals surface area contributed by atoms with Crippen LogP contribution < -0.4 is 5.32 Å². The average molecular weight is 557 g/mol. The quantitative estimate of drug-likeness (QED) is 0.208. The van der Waals surface area contributed by atoms with Gasteiger partial charge in [0.1, 0.15) is 5.82 Å². The number of H-pyrrole nitrogens is 2. The van der Waals surface area contributed by atoms with Crippen molar-refractivity contribution in [2.75, 3.05) is 5.32 Å². The third-order valence-corrected chi connectivity index (χ3v) is 9.87. The zero-order chi connectivity index (χ0) is 29.0. The van der Waals surface area contributed by atoms with Gasteiger partial charge in [0.05, 0.1) is 23.0 Å². The predicted molar refractivity (Wildman–Crippen MR) is 167 cm³/mol. The van der Waals surface area contributed by atoms with Gasteiger partial charge in [0.25, 0.3) is 0 Å². The lowest BCUT2D eigenvalue weighted by molar-refractivity contribution is 0.0972. The van der Waals surface area contributed by atoms with Gasteiger partial charge in [-0.3, -0.25) is 9.79 Å². The topological polar surface area (TPSA) is 73.0 Å². The van der Waals surface area contributed by atoms with Crippen LogP contribution in [-0.4, -0.2) is 21.5 Å². The number of aromatic nitrogens is 2. The number of benzene rings is 3. The number of nitrogens with zero attached hydrogens (tertiary/aromatic N) is 1. The Balaban J connectivity index is 1.21. The van der Waals surface area contributed by atoms with Crippen LogP contribution in [0, 0.1) is 5.82 Å². The van der Waals surface area contributed by atoms with E-state index in [1.807, 2.05) is 30.6 Å². The number of nitrogens with one attached hydrogen (secondary N) is 3. The standard InChI is InChI=1S/C36H33FN4O/c1-35(2)25-8-5-6-9-27(25)40-33(35)23-17-39-32-21(15-20(37)16-22(23)32)19-12-13-28-26(14-19)36(3,4)34(41-28)24-18-38-29-10-7-11-30(42)31(24)29/h5-6,8-9,12-18,33,38-40H,7,10-11H2,1-4H3. The normalized spacial score (nSPS) is 19.8. The van der Waals surface area contributed by atoms with E-state index in [1.54, 1.807) is 12.1 Å². The molecule has 0 fully saturated rings. The van der Waals surface area contributed by atoms with Crippen LogP contribution in [0.4, 0.5) is 15.8 Å². The molecule has 1 atom stereocenters. The SMILES string of the molecule is CC1(C)C(c2c[nH]c3c2C(=O)CCC3)=Nc2ccc(-c3cc(F)cc4c(C5Nc6ccccc6C5(C)C)c[nH]c34)cc21. The number of para-hydroxylation sites is 1. The molecule has 1 aliphatic carbocycles. The molecule has 8 rings (SSSR count). The Morgan fingerprint density at radius 1 is 0.905 bits per heavy atom. The highest BCUT2D eigenvalue weighted by Gasteiger charge is 2.42. The lowest BCUT2D eigenvalue weighted by atomic mass is 9.76. The number of aliphatic imine (C=N–C) groups is 1. The summed E-state index contributed by atoms with van der Waals surface area (Å²) in [7, 11) is 0. The number of aryl methyl sites for hydroxylation is 1. The highest BCUT2D eigenvalue weighted by molar-refractivity contribution is 6.18. The fourth-order valence-electron chi connectivity index (χ4n) is 7.62. The van der Waals surface area contributed by atoms with E-state index in [0.717, 1.165) is 79.9 Å². The molecule has 6 heteroatoms. The summed E-state index contributed by atoms with van der Waals surface area (Å²) in [5.74, 6) is -0.0730. The minimum absolute atomic E-state index is 0.00296. The van der Waals surface area contributed by atoms with Crippen molar-refractivity contribution >= 4 is 33.8 Å². The Morgan fingerprint density at radius 2 is 1.74 bits per heavy atom. The molecule has 0 saturated heterocycles. The predicted octanol–water partition coefficient (Wildman–Crippen LogP) is 8.68. The highest BCUT2D eigenvalue weighted by atomic mass is 19.1. The Morgan fingerprint density at radius 3 is 2.57 bits per heavy atom. The van der Waals surface area contributed by atoms with Crippen molar-refractivity contribution in [3.8, 4) is 11.1 Å². The fraction of sp³-hybridized carbons (Fsp3) is 0.278. The van der Waals surface area contributed by atoms with Crippen molar-refractivity contribution in [1.82, 2.24) is 9.97 Å². The van der Waals surface area contributed by atoms with Gasteiger partial charge in [-0.15, -0.1) is 0 Å². The molecule has 2 aliphatic heterocycles. The van der Waals surface area contributed by atoms with Gasteiger partial charge in [0, 0.05) is 68.7 Å².